The maximum Gasteiger partial charge on any atom is 0.253 e. The number of hydrogen-bond acceptors (Lipinski definition) is 3. The Kier molecular flexibility index (Phi) is 7.27. The monoisotopic (exact) mass is 371 g/mol. The Morgan fingerprint density at radius 2 is 1.59 bits per heavy atom. The number of aryl methyl sites for hydroxylation is 1. The van der Waals surface area contributed by atoms with Crippen LogP contribution in [-0.4, -0.2) is 60.4 Å². The van der Waals surface area contributed by atoms with Crippen molar-refractivity contribution >= 4 is 11.8 Å². The summed E-state index contributed by atoms with van der Waals surface area (Å²) in [6, 6.07) is 8.26. The van der Waals surface area contributed by atoms with Crippen LogP contribution in [0, 0.1) is 0 Å². The van der Waals surface area contributed by atoms with Crippen molar-refractivity contribution in [2.24, 2.45) is 0 Å². The van der Waals surface area contributed by atoms with Crippen molar-refractivity contribution in [3.8, 4) is 0 Å². The van der Waals surface area contributed by atoms with Gasteiger partial charge in [0.05, 0.1) is 6.54 Å². The van der Waals surface area contributed by atoms with E-state index in [1.807, 2.05) is 29.2 Å². The lowest BCUT2D eigenvalue weighted by atomic mass is 10.1. The molecular formula is C22H33N3O2. The molecule has 0 spiro atoms. The third-order valence-corrected chi connectivity index (χ3v) is 5.86. The number of nitrogens with zero attached hydrogens (tertiary/aromatic N) is 2. The second-order valence-corrected chi connectivity index (χ2v) is 7.87. The SMILES string of the molecule is CCc1ccc(C(=O)N2CCN(CC(=O)NC3CCCCCC3)CC2)cc1. The molecule has 1 saturated carbocycles. The van der Waals surface area contributed by atoms with Gasteiger partial charge in [-0.2, -0.15) is 0 Å². The third-order valence-electron chi connectivity index (χ3n) is 5.86. The molecule has 1 aromatic carbocycles. The van der Waals surface area contributed by atoms with Crippen molar-refractivity contribution in [1.29, 1.82) is 0 Å². The highest BCUT2D eigenvalue weighted by molar-refractivity contribution is 5.94. The van der Waals surface area contributed by atoms with E-state index in [0.717, 1.165) is 37.9 Å². The average molecular weight is 372 g/mol. The van der Waals surface area contributed by atoms with E-state index in [4.69, 9.17) is 0 Å². The lowest BCUT2D eigenvalue weighted by molar-refractivity contribution is -0.123. The molecule has 0 unspecified atom stereocenters. The molecule has 1 heterocycles. The second-order valence-electron chi connectivity index (χ2n) is 7.87. The van der Waals surface area contributed by atoms with Gasteiger partial charge in [0.25, 0.3) is 5.91 Å². The van der Waals surface area contributed by atoms with Crippen LogP contribution < -0.4 is 5.32 Å². The second kappa shape index (κ2) is 9.88. The van der Waals surface area contributed by atoms with Crippen molar-refractivity contribution in [2.45, 2.75) is 57.9 Å². The van der Waals surface area contributed by atoms with E-state index in [1.54, 1.807) is 0 Å². The van der Waals surface area contributed by atoms with Crippen LogP contribution in [0.3, 0.4) is 0 Å². The number of carbonyl (C=O) groups is 2. The largest absolute Gasteiger partial charge is 0.352 e. The summed E-state index contributed by atoms with van der Waals surface area (Å²) in [5.74, 6) is 0.233. The van der Waals surface area contributed by atoms with Crippen molar-refractivity contribution in [3.63, 3.8) is 0 Å². The lowest BCUT2D eigenvalue weighted by Crippen LogP contribution is -2.51. The number of nitrogens with one attached hydrogen (secondary N) is 1. The first-order valence-electron chi connectivity index (χ1n) is 10.6. The van der Waals surface area contributed by atoms with Gasteiger partial charge >= 0.3 is 0 Å². The minimum absolute atomic E-state index is 0.0974. The van der Waals surface area contributed by atoms with Crippen LogP contribution in [0.4, 0.5) is 0 Å². The summed E-state index contributed by atoms with van der Waals surface area (Å²) in [6.45, 7) is 5.45. The smallest absolute Gasteiger partial charge is 0.253 e. The standard InChI is InChI=1S/C22H33N3O2/c1-2-18-9-11-19(12-10-18)22(27)25-15-13-24(14-16-25)17-21(26)23-20-7-5-3-4-6-8-20/h9-12,20H,2-8,13-17H2,1H3,(H,23,26). The maximum absolute atomic E-state index is 12.7. The number of piperazine rings is 1. The van der Waals surface area contributed by atoms with E-state index in [2.05, 4.69) is 17.1 Å². The van der Waals surface area contributed by atoms with E-state index in [1.165, 1.54) is 31.2 Å². The highest BCUT2D eigenvalue weighted by Crippen LogP contribution is 2.17. The predicted octanol–water partition coefficient (Wildman–Crippen LogP) is 2.85. The molecule has 148 valence electrons. The van der Waals surface area contributed by atoms with E-state index in [0.29, 0.717) is 25.7 Å². The molecular weight excluding hydrogens is 338 g/mol. The van der Waals surface area contributed by atoms with E-state index in [-0.39, 0.29) is 11.8 Å². The van der Waals surface area contributed by atoms with Crippen molar-refractivity contribution in [2.75, 3.05) is 32.7 Å². The fraction of sp³-hybridized carbons (Fsp3) is 0.636. The molecule has 1 saturated heterocycles. The first-order valence-corrected chi connectivity index (χ1v) is 10.6. The van der Waals surface area contributed by atoms with Crippen molar-refractivity contribution in [1.82, 2.24) is 15.1 Å². The Morgan fingerprint density at radius 3 is 2.19 bits per heavy atom. The maximum atomic E-state index is 12.7. The quantitative estimate of drug-likeness (QED) is 0.810. The average Bonchev–Trinajstić information content (AvgIpc) is 2.96. The molecule has 27 heavy (non-hydrogen) atoms. The molecule has 1 aromatic rings. The zero-order chi connectivity index (χ0) is 19.1. The third kappa shape index (κ3) is 5.80. The van der Waals surface area contributed by atoms with Gasteiger partial charge in [-0.1, -0.05) is 44.7 Å². The zero-order valence-corrected chi connectivity index (χ0v) is 16.6. The van der Waals surface area contributed by atoms with E-state index < -0.39 is 0 Å². The van der Waals surface area contributed by atoms with Crippen LogP contribution in [-0.2, 0) is 11.2 Å². The molecule has 0 bridgehead atoms. The van der Waals surface area contributed by atoms with Gasteiger partial charge in [-0.3, -0.25) is 14.5 Å². The molecule has 1 aliphatic heterocycles. The summed E-state index contributed by atoms with van der Waals surface area (Å²) < 4.78 is 0. The highest BCUT2D eigenvalue weighted by atomic mass is 16.2. The van der Waals surface area contributed by atoms with Gasteiger partial charge in [0.2, 0.25) is 5.91 Å². The molecule has 2 amide bonds. The predicted molar refractivity (Wildman–Crippen MR) is 108 cm³/mol. The fourth-order valence-corrected chi connectivity index (χ4v) is 4.07. The topological polar surface area (TPSA) is 52.7 Å². The Morgan fingerprint density at radius 1 is 0.963 bits per heavy atom. The minimum Gasteiger partial charge on any atom is -0.352 e. The van der Waals surface area contributed by atoms with Crippen LogP contribution in [0.25, 0.3) is 0 Å². The number of benzene rings is 1. The molecule has 5 heteroatoms. The summed E-state index contributed by atoms with van der Waals surface area (Å²) in [5, 5.41) is 3.22. The fourth-order valence-electron chi connectivity index (χ4n) is 4.07. The molecule has 0 aromatic heterocycles. The van der Waals surface area contributed by atoms with Gasteiger partial charge in [0, 0.05) is 37.8 Å². The molecule has 0 radical (unpaired) electrons. The zero-order valence-electron chi connectivity index (χ0n) is 16.6. The summed E-state index contributed by atoms with van der Waals surface area (Å²) in [7, 11) is 0. The Labute approximate surface area is 163 Å². The summed E-state index contributed by atoms with van der Waals surface area (Å²) in [5.41, 5.74) is 2.00. The van der Waals surface area contributed by atoms with Crippen LogP contribution >= 0.6 is 0 Å². The van der Waals surface area contributed by atoms with Gasteiger partial charge < -0.3 is 10.2 Å². The molecule has 1 aliphatic carbocycles. The van der Waals surface area contributed by atoms with E-state index in [9.17, 15) is 9.59 Å². The summed E-state index contributed by atoms with van der Waals surface area (Å²) in [6.07, 6.45) is 8.26. The number of amides is 2. The molecule has 3 rings (SSSR count). The highest BCUT2D eigenvalue weighted by Gasteiger charge is 2.24. The first kappa shape index (κ1) is 19.9. The van der Waals surface area contributed by atoms with Crippen molar-refractivity contribution < 1.29 is 9.59 Å². The molecule has 1 N–H and O–H groups in total. The number of hydrogen-bond donors (Lipinski definition) is 1. The Balaban J connectivity index is 1.42. The summed E-state index contributed by atoms with van der Waals surface area (Å²) in [4.78, 5) is 29.1. The molecule has 2 aliphatic rings. The van der Waals surface area contributed by atoms with Crippen molar-refractivity contribution in [3.05, 3.63) is 35.4 Å². The van der Waals surface area contributed by atoms with Gasteiger partial charge in [0.15, 0.2) is 0 Å². The Bertz CT molecular complexity index is 613. The lowest BCUT2D eigenvalue weighted by Gasteiger charge is -2.34. The van der Waals surface area contributed by atoms with Crippen LogP contribution in [0.1, 0.15) is 61.4 Å². The first-order chi connectivity index (χ1) is 13.2. The van der Waals surface area contributed by atoms with Crippen LogP contribution in [0.15, 0.2) is 24.3 Å². The van der Waals surface area contributed by atoms with E-state index >= 15 is 0 Å². The van der Waals surface area contributed by atoms with Crippen LogP contribution in [0.2, 0.25) is 0 Å². The van der Waals surface area contributed by atoms with Gasteiger partial charge in [-0.05, 0) is 37.0 Å². The molecule has 2 fully saturated rings. The molecule has 5 nitrogen and oxygen atoms in total. The normalized spacial score (nSPS) is 19.5. The van der Waals surface area contributed by atoms with Gasteiger partial charge in [-0.15, -0.1) is 0 Å². The summed E-state index contributed by atoms with van der Waals surface area (Å²) >= 11 is 0. The van der Waals surface area contributed by atoms with Crippen LogP contribution in [0.5, 0.6) is 0 Å². The van der Waals surface area contributed by atoms with Gasteiger partial charge in [0.1, 0.15) is 0 Å². The number of carbonyl (C=O) groups excluding carboxylic acids is 2. The Hall–Kier alpha value is -1.88. The minimum atomic E-state index is 0.0974. The number of rotatable bonds is 5. The van der Waals surface area contributed by atoms with Gasteiger partial charge in [-0.25, -0.2) is 0 Å². The molecule has 0 atom stereocenters.